The summed E-state index contributed by atoms with van der Waals surface area (Å²) in [4.78, 5) is 12.3. The Kier molecular flexibility index (Phi) is 10.1. The number of nitrogens with zero attached hydrogens (tertiary/aromatic N) is 1. The highest BCUT2D eigenvalue weighted by molar-refractivity contribution is 7.80. The van der Waals surface area contributed by atoms with Crippen LogP contribution in [0, 0.1) is 0 Å². The molecule has 0 saturated heterocycles. The Morgan fingerprint density at radius 2 is 1.81 bits per heavy atom. The van der Waals surface area contributed by atoms with Crippen LogP contribution >= 0.6 is 0 Å². The van der Waals surface area contributed by atoms with E-state index < -0.39 is 23.0 Å². The number of esters is 1. The van der Waals surface area contributed by atoms with Crippen molar-refractivity contribution in [2.24, 2.45) is 0 Å². The predicted molar refractivity (Wildman–Crippen MR) is 58.3 cm³/mol. The van der Waals surface area contributed by atoms with Crippen molar-refractivity contribution in [1.82, 2.24) is 4.90 Å². The predicted octanol–water partition coefficient (Wildman–Crippen LogP) is -0.287. The minimum Gasteiger partial charge on any atom is -0.460 e. The summed E-state index contributed by atoms with van der Waals surface area (Å²) in [6.45, 7) is 2.43. The molecule has 0 atom stereocenters. The third kappa shape index (κ3) is 23.1. The van der Waals surface area contributed by atoms with Crippen molar-refractivity contribution in [1.29, 1.82) is 0 Å². The molecule has 7 nitrogen and oxygen atoms in total. The Morgan fingerprint density at radius 1 is 1.38 bits per heavy atom. The molecule has 0 aliphatic rings. The Hall–Kier alpha value is -0.960. The summed E-state index contributed by atoms with van der Waals surface area (Å²) in [5.74, 6) is -0.686. The van der Waals surface area contributed by atoms with Gasteiger partial charge in [-0.05, 0) is 21.1 Å². The molecule has 8 heteroatoms. The summed E-state index contributed by atoms with van der Waals surface area (Å²) in [6.07, 6.45) is 0.924. The monoisotopic (exact) mass is 255 g/mol. The highest BCUT2D eigenvalue weighted by atomic mass is 32.3. The van der Waals surface area contributed by atoms with Gasteiger partial charge in [-0.15, -0.1) is 0 Å². The molecule has 0 aliphatic carbocycles. The zero-order valence-corrected chi connectivity index (χ0v) is 10.4. The van der Waals surface area contributed by atoms with E-state index in [0.29, 0.717) is 0 Å². The molecule has 1 N–H and O–H groups in total. The van der Waals surface area contributed by atoms with Crippen molar-refractivity contribution in [3.05, 3.63) is 12.7 Å². The van der Waals surface area contributed by atoms with Crippen LogP contribution in [0.4, 0.5) is 0 Å². The molecule has 0 aromatic heterocycles. The normalized spacial score (nSPS) is 10.3. The van der Waals surface area contributed by atoms with Crippen molar-refractivity contribution >= 4 is 16.4 Å². The lowest BCUT2D eigenvalue weighted by Crippen LogP contribution is -2.12. The Morgan fingerprint density at radius 3 is 2.12 bits per heavy atom. The van der Waals surface area contributed by atoms with Gasteiger partial charge in [-0.2, -0.15) is 8.42 Å². The third-order valence-corrected chi connectivity index (χ3v) is 1.19. The molecule has 0 heterocycles. The van der Waals surface area contributed by atoms with Crippen molar-refractivity contribution < 1.29 is 26.7 Å². The summed E-state index contributed by atoms with van der Waals surface area (Å²) in [5, 5.41) is 0. The summed E-state index contributed by atoms with van der Waals surface area (Å²) >= 11 is 0. The minimum absolute atomic E-state index is 0.259. The van der Waals surface area contributed by atoms with Gasteiger partial charge in [0.25, 0.3) is 0 Å². The van der Waals surface area contributed by atoms with Crippen LogP contribution in [0.15, 0.2) is 12.7 Å². The van der Waals surface area contributed by atoms with Crippen LogP contribution in [-0.4, -0.2) is 58.2 Å². The summed E-state index contributed by atoms with van der Waals surface area (Å²) in [5.41, 5.74) is 0. The van der Waals surface area contributed by atoms with Gasteiger partial charge in [0.2, 0.25) is 0 Å². The minimum atomic E-state index is -4.45. The molecule has 0 aromatic rings. The zero-order valence-electron chi connectivity index (χ0n) is 9.54. The molecule has 0 saturated carbocycles. The van der Waals surface area contributed by atoms with Gasteiger partial charge in [-0.3, -0.25) is 4.55 Å². The molecule has 0 rings (SSSR count). The molecule has 0 unspecified atom stereocenters. The van der Waals surface area contributed by atoms with E-state index in [1.165, 1.54) is 0 Å². The van der Waals surface area contributed by atoms with Gasteiger partial charge in [0.05, 0.1) is 0 Å². The average Bonchev–Trinajstić information content (AvgIpc) is 2.09. The SMILES string of the molecule is C=CC(=O)OCCOS(=O)(=O)O.CN(C)C. The largest absolute Gasteiger partial charge is 0.460 e. The van der Waals surface area contributed by atoms with E-state index in [4.69, 9.17) is 4.55 Å². The van der Waals surface area contributed by atoms with E-state index in [2.05, 4.69) is 15.5 Å². The lowest BCUT2D eigenvalue weighted by Gasteiger charge is -2.00. The Bertz CT molecular complexity index is 295. The molecule has 96 valence electrons. The maximum Gasteiger partial charge on any atom is 0.397 e. The van der Waals surface area contributed by atoms with E-state index in [-0.39, 0.29) is 6.61 Å². The fourth-order valence-electron chi connectivity index (χ4n) is 0.341. The highest BCUT2D eigenvalue weighted by Crippen LogP contribution is 1.86. The van der Waals surface area contributed by atoms with Crippen molar-refractivity contribution in [2.45, 2.75) is 0 Å². The van der Waals surface area contributed by atoms with Gasteiger partial charge in [0, 0.05) is 6.08 Å². The van der Waals surface area contributed by atoms with Gasteiger partial charge in [0.1, 0.15) is 13.2 Å². The number of ether oxygens (including phenoxy) is 1. The second-order valence-corrected chi connectivity index (χ2v) is 4.05. The lowest BCUT2D eigenvalue weighted by atomic mass is 10.6. The highest BCUT2D eigenvalue weighted by Gasteiger charge is 2.03. The molecule has 0 radical (unpaired) electrons. The zero-order chi connectivity index (χ0) is 13.2. The first-order chi connectivity index (χ1) is 7.19. The molecule has 0 fully saturated rings. The maximum absolute atomic E-state index is 10.3. The van der Waals surface area contributed by atoms with Crippen LogP contribution in [0.3, 0.4) is 0 Å². The fraction of sp³-hybridized carbons (Fsp3) is 0.625. The maximum atomic E-state index is 10.3. The Balaban J connectivity index is 0. The molecule has 0 amide bonds. The number of hydrogen-bond donors (Lipinski definition) is 1. The standard InChI is InChI=1S/C5H8O6S.C3H9N/c1-2-5(6)10-3-4-11-12(7,8)9;1-4(2)3/h2H,1,3-4H2,(H,7,8,9);1-3H3. The van der Waals surface area contributed by atoms with Gasteiger partial charge in [0.15, 0.2) is 0 Å². The van der Waals surface area contributed by atoms with Crippen molar-refractivity contribution in [3.63, 3.8) is 0 Å². The lowest BCUT2D eigenvalue weighted by molar-refractivity contribution is -0.138. The fourth-order valence-corrected chi connectivity index (χ4v) is 0.619. The van der Waals surface area contributed by atoms with Crippen LogP contribution in [-0.2, 0) is 24.1 Å². The summed E-state index contributed by atoms with van der Waals surface area (Å²) in [7, 11) is 1.55. The van der Waals surface area contributed by atoms with Crippen LogP contribution in [0.1, 0.15) is 0 Å². The van der Waals surface area contributed by atoms with E-state index >= 15 is 0 Å². The first-order valence-electron chi connectivity index (χ1n) is 4.21. The van der Waals surface area contributed by atoms with Gasteiger partial charge in [-0.1, -0.05) is 6.58 Å². The molecular weight excluding hydrogens is 238 g/mol. The van der Waals surface area contributed by atoms with Gasteiger partial charge in [-0.25, -0.2) is 8.98 Å². The summed E-state index contributed by atoms with van der Waals surface area (Å²) in [6, 6.07) is 0. The van der Waals surface area contributed by atoms with Gasteiger partial charge >= 0.3 is 16.4 Å². The smallest absolute Gasteiger partial charge is 0.397 e. The molecule has 0 aromatic carbocycles. The van der Waals surface area contributed by atoms with Gasteiger partial charge < -0.3 is 9.64 Å². The number of carbonyl (C=O) groups excluding carboxylic acids is 1. The molecular formula is C8H17NO6S. The van der Waals surface area contributed by atoms with E-state index in [1.807, 2.05) is 26.0 Å². The molecule has 0 aliphatic heterocycles. The number of hydrogen-bond acceptors (Lipinski definition) is 6. The molecule has 16 heavy (non-hydrogen) atoms. The molecule has 0 spiro atoms. The van der Waals surface area contributed by atoms with Crippen molar-refractivity contribution in [2.75, 3.05) is 34.4 Å². The Labute approximate surface area is 95.6 Å². The molecule has 0 bridgehead atoms. The quantitative estimate of drug-likeness (QED) is 0.312. The average molecular weight is 255 g/mol. The third-order valence-electron chi connectivity index (χ3n) is 0.727. The number of rotatable bonds is 5. The van der Waals surface area contributed by atoms with Crippen LogP contribution in [0.25, 0.3) is 0 Å². The van der Waals surface area contributed by atoms with Crippen LogP contribution < -0.4 is 0 Å². The van der Waals surface area contributed by atoms with Crippen molar-refractivity contribution in [3.8, 4) is 0 Å². The van der Waals surface area contributed by atoms with E-state index in [9.17, 15) is 13.2 Å². The van der Waals surface area contributed by atoms with E-state index in [0.717, 1.165) is 6.08 Å². The second-order valence-electron chi connectivity index (χ2n) is 2.96. The topological polar surface area (TPSA) is 93.1 Å². The van der Waals surface area contributed by atoms with E-state index in [1.54, 1.807) is 0 Å². The second kappa shape index (κ2) is 9.28. The summed E-state index contributed by atoms with van der Waals surface area (Å²) < 4.78 is 36.0. The number of carbonyl (C=O) groups is 1. The van der Waals surface area contributed by atoms with Crippen LogP contribution in [0.5, 0.6) is 0 Å². The first-order valence-corrected chi connectivity index (χ1v) is 5.57. The van der Waals surface area contributed by atoms with Crippen LogP contribution in [0.2, 0.25) is 0 Å². The first kappa shape index (κ1) is 17.4.